The van der Waals surface area contributed by atoms with E-state index < -0.39 is 0 Å². The minimum Gasteiger partial charge on any atom is -0.308 e. The summed E-state index contributed by atoms with van der Waals surface area (Å²) in [7, 11) is 4.22. The molecule has 0 saturated heterocycles. The molecule has 136 valence electrons. The van der Waals surface area contributed by atoms with Gasteiger partial charge in [-0.05, 0) is 37.4 Å². The van der Waals surface area contributed by atoms with Gasteiger partial charge in [0.2, 0.25) is 0 Å². The van der Waals surface area contributed by atoms with Crippen molar-refractivity contribution in [2.24, 2.45) is 0 Å². The number of rotatable bonds is 8. The van der Waals surface area contributed by atoms with Crippen LogP contribution in [0, 0.1) is 0 Å². The maximum atomic E-state index is 6.02. The quantitative estimate of drug-likeness (QED) is 0.644. The average molecular weight is 369 g/mol. The second-order valence-corrected chi connectivity index (χ2v) is 7.21. The summed E-state index contributed by atoms with van der Waals surface area (Å²) in [6.07, 6.45) is 1.93. The summed E-state index contributed by atoms with van der Waals surface area (Å²) < 4.78 is 0. The van der Waals surface area contributed by atoms with Gasteiger partial charge in [-0.3, -0.25) is 10.00 Å². The smallest absolute Gasteiger partial charge is 0.0695 e. The highest BCUT2D eigenvalue weighted by Gasteiger charge is 2.13. The minimum absolute atomic E-state index is 0.742. The lowest BCUT2D eigenvalue weighted by Gasteiger charge is -2.24. The molecule has 0 bridgehead atoms. The summed E-state index contributed by atoms with van der Waals surface area (Å²) >= 11 is 6.02. The van der Waals surface area contributed by atoms with Crippen LogP contribution in [0.3, 0.4) is 0 Å². The van der Waals surface area contributed by atoms with E-state index >= 15 is 0 Å². The van der Waals surface area contributed by atoms with Crippen LogP contribution in [0.2, 0.25) is 5.02 Å². The van der Waals surface area contributed by atoms with Crippen LogP contribution < -0.4 is 0 Å². The predicted octanol–water partition coefficient (Wildman–Crippen LogP) is 4.29. The Kier molecular flexibility index (Phi) is 6.45. The van der Waals surface area contributed by atoms with E-state index in [2.05, 4.69) is 64.4 Å². The minimum atomic E-state index is 0.742. The molecule has 26 heavy (non-hydrogen) atoms. The van der Waals surface area contributed by atoms with Crippen LogP contribution in [-0.4, -0.2) is 47.2 Å². The van der Waals surface area contributed by atoms with Gasteiger partial charge in [-0.25, -0.2) is 0 Å². The van der Waals surface area contributed by atoms with Crippen LogP contribution >= 0.6 is 11.6 Å². The molecule has 0 atom stereocenters. The summed E-state index contributed by atoms with van der Waals surface area (Å²) in [4.78, 5) is 4.67. The first kappa shape index (κ1) is 18.6. The van der Waals surface area contributed by atoms with Crippen molar-refractivity contribution in [2.75, 3.05) is 27.2 Å². The van der Waals surface area contributed by atoms with Crippen molar-refractivity contribution >= 4 is 11.6 Å². The average Bonchev–Trinajstić information content (AvgIpc) is 3.09. The fourth-order valence-electron chi connectivity index (χ4n) is 2.94. The highest BCUT2D eigenvalue weighted by molar-refractivity contribution is 6.30. The first-order valence-corrected chi connectivity index (χ1v) is 9.19. The predicted molar refractivity (Wildman–Crippen MR) is 108 cm³/mol. The van der Waals surface area contributed by atoms with Gasteiger partial charge in [-0.2, -0.15) is 5.10 Å². The molecular formula is C21H25ClN4. The zero-order valence-corrected chi connectivity index (χ0v) is 16.1. The van der Waals surface area contributed by atoms with E-state index in [1.165, 1.54) is 11.1 Å². The number of aromatic nitrogens is 2. The fourth-order valence-corrected chi connectivity index (χ4v) is 3.06. The van der Waals surface area contributed by atoms with Gasteiger partial charge in [0.1, 0.15) is 0 Å². The summed E-state index contributed by atoms with van der Waals surface area (Å²) in [5.41, 5.74) is 4.68. The Hall–Kier alpha value is -2.14. The number of nitrogens with one attached hydrogen (secondary N) is 1. The maximum Gasteiger partial charge on any atom is 0.0695 e. The molecule has 0 fully saturated rings. The standard InChI is InChI=1S/C21H25ClN4/c1-25(2)12-13-26(15-17-6-4-3-5-7-17)16-19-14-23-24-21(19)18-8-10-20(22)11-9-18/h3-11,14H,12-13,15-16H2,1-2H3,(H,23,24). The molecule has 2 aromatic carbocycles. The van der Waals surface area contributed by atoms with Gasteiger partial charge >= 0.3 is 0 Å². The first-order chi connectivity index (χ1) is 12.6. The third-order valence-electron chi connectivity index (χ3n) is 4.36. The lowest BCUT2D eigenvalue weighted by Crippen LogP contribution is -2.31. The molecular weight excluding hydrogens is 344 g/mol. The SMILES string of the molecule is CN(C)CCN(Cc1ccccc1)Cc1cn[nH]c1-c1ccc(Cl)cc1. The molecule has 0 aliphatic rings. The molecule has 4 nitrogen and oxygen atoms in total. The Morgan fingerprint density at radius 1 is 0.923 bits per heavy atom. The molecule has 3 rings (SSSR count). The van der Waals surface area contributed by atoms with E-state index in [9.17, 15) is 0 Å². The molecule has 1 aromatic heterocycles. The highest BCUT2D eigenvalue weighted by atomic mass is 35.5. The van der Waals surface area contributed by atoms with Crippen molar-refractivity contribution in [1.29, 1.82) is 0 Å². The van der Waals surface area contributed by atoms with Crippen LogP contribution in [0.15, 0.2) is 60.8 Å². The van der Waals surface area contributed by atoms with Crippen LogP contribution in [0.5, 0.6) is 0 Å². The van der Waals surface area contributed by atoms with Crippen LogP contribution in [0.4, 0.5) is 0 Å². The fraction of sp³-hybridized carbons (Fsp3) is 0.286. The van der Waals surface area contributed by atoms with E-state index in [1.54, 1.807) is 0 Å². The summed E-state index contributed by atoms with van der Waals surface area (Å²) in [5, 5.41) is 8.17. The van der Waals surface area contributed by atoms with Crippen molar-refractivity contribution in [3.63, 3.8) is 0 Å². The van der Waals surface area contributed by atoms with Gasteiger partial charge in [0.25, 0.3) is 0 Å². The van der Waals surface area contributed by atoms with Gasteiger partial charge in [-0.15, -0.1) is 0 Å². The first-order valence-electron chi connectivity index (χ1n) is 8.81. The Balaban J connectivity index is 1.78. The molecule has 3 aromatic rings. The van der Waals surface area contributed by atoms with Crippen molar-refractivity contribution in [2.45, 2.75) is 13.1 Å². The van der Waals surface area contributed by atoms with Crippen LogP contribution in [0.1, 0.15) is 11.1 Å². The monoisotopic (exact) mass is 368 g/mol. The zero-order valence-electron chi connectivity index (χ0n) is 15.3. The number of benzene rings is 2. The van der Waals surface area contributed by atoms with E-state index in [0.29, 0.717) is 0 Å². The van der Waals surface area contributed by atoms with Gasteiger partial charge < -0.3 is 4.90 Å². The summed E-state index contributed by atoms with van der Waals surface area (Å²) in [6, 6.07) is 18.5. The zero-order chi connectivity index (χ0) is 18.4. The number of nitrogens with zero attached hydrogens (tertiary/aromatic N) is 3. The number of halogens is 1. The largest absolute Gasteiger partial charge is 0.308 e. The topological polar surface area (TPSA) is 35.2 Å². The van der Waals surface area contributed by atoms with Gasteiger partial charge in [-0.1, -0.05) is 54.1 Å². The Morgan fingerprint density at radius 3 is 2.35 bits per heavy atom. The lowest BCUT2D eigenvalue weighted by atomic mass is 10.1. The van der Waals surface area contributed by atoms with Gasteiger partial charge in [0.05, 0.1) is 11.9 Å². The number of likely N-dealkylation sites (N-methyl/N-ethyl adjacent to an activating group) is 1. The molecule has 0 spiro atoms. The molecule has 0 saturated carbocycles. The highest BCUT2D eigenvalue weighted by Crippen LogP contribution is 2.24. The van der Waals surface area contributed by atoms with Crippen molar-refractivity contribution in [3.05, 3.63) is 76.9 Å². The number of hydrogen-bond donors (Lipinski definition) is 1. The third-order valence-corrected chi connectivity index (χ3v) is 4.61. The van der Waals surface area contributed by atoms with E-state index in [-0.39, 0.29) is 0 Å². The molecule has 0 amide bonds. The maximum absolute atomic E-state index is 6.02. The summed E-state index contributed by atoms with van der Waals surface area (Å²) in [5.74, 6) is 0. The molecule has 0 aliphatic carbocycles. The lowest BCUT2D eigenvalue weighted by molar-refractivity contribution is 0.226. The number of aromatic amines is 1. The number of H-pyrrole nitrogens is 1. The van der Waals surface area contributed by atoms with Gasteiger partial charge in [0.15, 0.2) is 0 Å². The van der Waals surface area contributed by atoms with Crippen molar-refractivity contribution in [3.8, 4) is 11.3 Å². The second-order valence-electron chi connectivity index (χ2n) is 6.78. The van der Waals surface area contributed by atoms with Gasteiger partial charge in [0, 0.05) is 36.8 Å². The van der Waals surface area contributed by atoms with Crippen LogP contribution in [-0.2, 0) is 13.1 Å². The van der Waals surface area contributed by atoms with Crippen molar-refractivity contribution < 1.29 is 0 Å². The molecule has 1 N–H and O–H groups in total. The molecule has 5 heteroatoms. The Bertz CT molecular complexity index is 796. The summed E-state index contributed by atoms with van der Waals surface area (Å²) in [6.45, 7) is 3.77. The molecule has 0 aliphatic heterocycles. The number of hydrogen-bond acceptors (Lipinski definition) is 3. The normalized spacial score (nSPS) is 11.4. The van der Waals surface area contributed by atoms with Crippen LogP contribution in [0.25, 0.3) is 11.3 Å². The Morgan fingerprint density at radius 2 is 1.65 bits per heavy atom. The van der Waals surface area contributed by atoms with Crippen molar-refractivity contribution in [1.82, 2.24) is 20.0 Å². The second kappa shape index (κ2) is 8.99. The molecule has 0 radical (unpaired) electrons. The molecule has 1 heterocycles. The van der Waals surface area contributed by atoms with E-state index in [4.69, 9.17) is 11.6 Å². The molecule has 0 unspecified atom stereocenters. The third kappa shape index (κ3) is 5.18. The Labute approximate surface area is 160 Å². The van der Waals surface area contributed by atoms with E-state index in [1.807, 2.05) is 30.5 Å². The van der Waals surface area contributed by atoms with E-state index in [0.717, 1.165) is 42.5 Å².